The molecule has 1 rings (SSSR count). The molecular weight excluding hydrogens is 270 g/mol. The van der Waals surface area contributed by atoms with E-state index in [9.17, 15) is 9.59 Å². The van der Waals surface area contributed by atoms with E-state index in [-0.39, 0.29) is 12.2 Å². The molecule has 21 heavy (non-hydrogen) atoms. The molecule has 2 N–H and O–H groups in total. The number of benzene rings is 1. The van der Waals surface area contributed by atoms with Crippen molar-refractivity contribution in [2.24, 2.45) is 0 Å². The van der Waals surface area contributed by atoms with Gasteiger partial charge in [-0.2, -0.15) is 0 Å². The first kappa shape index (κ1) is 17.2. The minimum atomic E-state index is -1.000. The zero-order valence-corrected chi connectivity index (χ0v) is 13.0. The number of rotatable bonds is 8. The Balaban J connectivity index is 3.15. The van der Waals surface area contributed by atoms with Crippen molar-refractivity contribution >= 4 is 11.8 Å². The molecule has 0 aliphatic heterocycles. The van der Waals surface area contributed by atoms with Gasteiger partial charge in [-0.3, -0.25) is 9.59 Å². The Morgan fingerprint density at radius 1 is 1.33 bits per heavy atom. The van der Waals surface area contributed by atoms with E-state index >= 15 is 0 Å². The second-order valence-electron chi connectivity index (χ2n) is 5.13. The van der Waals surface area contributed by atoms with E-state index in [4.69, 9.17) is 9.84 Å². The Hall–Kier alpha value is -1.88. The highest BCUT2D eigenvalue weighted by molar-refractivity contribution is 6.04. The summed E-state index contributed by atoms with van der Waals surface area (Å²) in [6.45, 7) is 6.33. The minimum absolute atomic E-state index is 0.241. The van der Waals surface area contributed by atoms with Gasteiger partial charge in [-0.25, -0.2) is 0 Å². The molecule has 0 bridgehead atoms. The lowest BCUT2D eigenvalue weighted by molar-refractivity contribution is -0.137. The molecule has 0 radical (unpaired) electrons. The number of methoxy groups -OCH3 is 1. The van der Waals surface area contributed by atoms with Gasteiger partial charge in [-0.15, -0.1) is 0 Å². The van der Waals surface area contributed by atoms with Crippen LogP contribution >= 0.6 is 0 Å². The fourth-order valence-electron chi connectivity index (χ4n) is 2.35. The van der Waals surface area contributed by atoms with Gasteiger partial charge in [-0.05, 0) is 44.0 Å². The number of aliphatic carboxylic acids is 1. The third-order valence-electron chi connectivity index (χ3n) is 3.22. The van der Waals surface area contributed by atoms with Crippen LogP contribution in [0, 0.1) is 13.8 Å². The Bertz CT molecular complexity index is 525. The molecule has 1 aromatic rings. The van der Waals surface area contributed by atoms with Crippen LogP contribution in [0.3, 0.4) is 0 Å². The maximum atomic E-state index is 12.7. The Morgan fingerprint density at radius 2 is 2.00 bits per heavy atom. The van der Waals surface area contributed by atoms with Gasteiger partial charge in [0.15, 0.2) is 5.78 Å². The van der Waals surface area contributed by atoms with E-state index in [0.29, 0.717) is 17.9 Å². The average Bonchev–Trinajstić information content (AvgIpc) is 2.41. The largest absolute Gasteiger partial charge is 0.496 e. The molecular formula is C16H23NO4. The second kappa shape index (κ2) is 7.78. The van der Waals surface area contributed by atoms with Crippen molar-refractivity contribution in [1.82, 2.24) is 5.32 Å². The van der Waals surface area contributed by atoms with Crippen LogP contribution in [0.25, 0.3) is 0 Å². The van der Waals surface area contributed by atoms with Gasteiger partial charge in [-0.1, -0.05) is 13.0 Å². The molecule has 0 aromatic heterocycles. The van der Waals surface area contributed by atoms with Gasteiger partial charge in [0.25, 0.3) is 0 Å². The molecule has 1 atom stereocenters. The van der Waals surface area contributed by atoms with Crippen LogP contribution in [-0.4, -0.2) is 36.6 Å². The molecule has 0 heterocycles. The molecule has 1 aromatic carbocycles. The van der Waals surface area contributed by atoms with E-state index in [1.54, 1.807) is 6.07 Å². The number of Topliss-reactive ketones (excluding diaryl/α,β-unsaturated/α-hetero) is 1. The van der Waals surface area contributed by atoms with Crippen molar-refractivity contribution in [1.29, 1.82) is 0 Å². The summed E-state index contributed by atoms with van der Waals surface area (Å²) >= 11 is 0. The van der Waals surface area contributed by atoms with Gasteiger partial charge in [0.05, 0.1) is 25.1 Å². The van der Waals surface area contributed by atoms with Crippen molar-refractivity contribution in [3.63, 3.8) is 0 Å². The van der Waals surface area contributed by atoms with Gasteiger partial charge in [0, 0.05) is 0 Å². The highest BCUT2D eigenvalue weighted by Gasteiger charge is 2.25. The molecule has 0 amide bonds. The number of carbonyl (C=O) groups is 2. The number of carboxylic acids is 1. The van der Waals surface area contributed by atoms with Crippen molar-refractivity contribution in [2.45, 2.75) is 39.7 Å². The molecule has 5 heteroatoms. The Morgan fingerprint density at radius 3 is 2.52 bits per heavy atom. The number of hydrogen-bond acceptors (Lipinski definition) is 4. The lowest BCUT2D eigenvalue weighted by atomic mass is 9.96. The first-order valence-electron chi connectivity index (χ1n) is 7.05. The van der Waals surface area contributed by atoms with E-state index in [0.717, 1.165) is 17.5 Å². The number of aryl methyl sites for hydroxylation is 2. The van der Waals surface area contributed by atoms with Crippen molar-refractivity contribution in [3.05, 3.63) is 28.8 Å². The van der Waals surface area contributed by atoms with Crippen molar-refractivity contribution in [3.8, 4) is 5.75 Å². The molecule has 0 fully saturated rings. The highest BCUT2D eigenvalue weighted by atomic mass is 16.5. The third-order valence-corrected chi connectivity index (χ3v) is 3.22. The average molecular weight is 293 g/mol. The highest BCUT2D eigenvalue weighted by Crippen LogP contribution is 2.26. The number of hydrogen-bond donors (Lipinski definition) is 2. The second-order valence-corrected chi connectivity index (χ2v) is 5.13. The molecule has 0 aliphatic carbocycles. The monoisotopic (exact) mass is 293 g/mol. The fraction of sp³-hybridized carbons (Fsp3) is 0.500. The number of ether oxygens (including phenoxy) is 1. The van der Waals surface area contributed by atoms with Crippen LogP contribution in [-0.2, 0) is 4.79 Å². The maximum absolute atomic E-state index is 12.7. The smallest absolute Gasteiger partial charge is 0.305 e. The molecule has 1 unspecified atom stereocenters. The zero-order chi connectivity index (χ0) is 16.0. The van der Waals surface area contributed by atoms with Crippen molar-refractivity contribution < 1.29 is 19.4 Å². The standard InChI is InChI=1S/C16H23NO4/c1-5-6-17-13(9-14(18)19)15(20)12-8-10(2)7-11(3)16(12)21-4/h7-8,13,17H,5-6,9H2,1-4H3,(H,18,19). The van der Waals surface area contributed by atoms with Gasteiger partial charge < -0.3 is 15.2 Å². The number of carboxylic acid groups (broad SMARTS) is 1. The van der Waals surface area contributed by atoms with E-state index in [1.165, 1.54) is 7.11 Å². The summed E-state index contributed by atoms with van der Waals surface area (Å²) in [6, 6.07) is 2.94. The van der Waals surface area contributed by atoms with Crippen LogP contribution in [0.4, 0.5) is 0 Å². The molecule has 0 aliphatic rings. The first-order chi connectivity index (χ1) is 9.90. The van der Waals surface area contributed by atoms with E-state index in [2.05, 4.69) is 5.32 Å². The lowest BCUT2D eigenvalue weighted by Gasteiger charge is -2.18. The Kier molecular flexibility index (Phi) is 6.37. The summed E-state index contributed by atoms with van der Waals surface area (Å²) in [4.78, 5) is 23.6. The zero-order valence-electron chi connectivity index (χ0n) is 13.0. The summed E-state index contributed by atoms with van der Waals surface area (Å²) in [6.07, 6.45) is 0.586. The molecule has 116 valence electrons. The van der Waals surface area contributed by atoms with Crippen LogP contribution in [0.15, 0.2) is 12.1 Å². The quantitative estimate of drug-likeness (QED) is 0.720. The van der Waals surface area contributed by atoms with Crippen LogP contribution in [0.5, 0.6) is 5.75 Å². The number of ketones is 1. The van der Waals surface area contributed by atoms with Gasteiger partial charge >= 0.3 is 5.97 Å². The normalized spacial score (nSPS) is 12.0. The summed E-state index contributed by atoms with van der Waals surface area (Å²) < 4.78 is 5.32. The van der Waals surface area contributed by atoms with Gasteiger partial charge in [0.1, 0.15) is 5.75 Å². The SMILES string of the molecule is CCCNC(CC(=O)O)C(=O)c1cc(C)cc(C)c1OC. The minimum Gasteiger partial charge on any atom is -0.496 e. The third kappa shape index (κ3) is 4.56. The number of nitrogens with one attached hydrogen (secondary N) is 1. The summed E-state index contributed by atoms with van der Waals surface area (Å²) in [5.74, 6) is -0.728. The summed E-state index contributed by atoms with van der Waals surface area (Å²) in [5.41, 5.74) is 2.25. The van der Waals surface area contributed by atoms with Gasteiger partial charge in [0.2, 0.25) is 0 Å². The Labute approximate surface area is 125 Å². The van der Waals surface area contributed by atoms with Crippen LogP contribution < -0.4 is 10.1 Å². The topological polar surface area (TPSA) is 75.6 Å². The van der Waals surface area contributed by atoms with E-state index < -0.39 is 12.0 Å². The van der Waals surface area contributed by atoms with Crippen LogP contribution in [0.2, 0.25) is 0 Å². The number of carbonyl (C=O) groups excluding carboxylic acids is 1. The predicted molar refractivity (Wildman–Crippen MR) is 81.1 cm³/mol. The summed E-state index contributed by atoms with van der Waals surface area (Å²) in [5, 5.41) is 12.0. The lowest BCUT2D eigenvalue weighted by Crippen LogP contribution is -2.39. The van der Waals surface area contributed by atoms with Crippen LogP contribution in [0.1, 0.15) is 41.3 Å². The first-order valence-corrected chi connectivity index (χ1v) is 7.05. The predicted octanol–water partition coefficient (Wildman–Crippen LogP) is 2.34. The maximum Gasteiger partial charge on any atom is 0.305 e. The van der Waals surface area contributed by atoms with E-state index in [1.807, 2.05) is 26.8 Å². The summed E-state index contributed by atoms with van der Waals surface area (Å²) in [7, 11) is 1.51. The fourth-order valence-corrected chi connectivity index (χ4v) is 2.35. The molecule has 0 spiro atoms. The molecule has 0 saturated carbocycles. The molecule has 0 saturated heterocycles. The molecule has 5 nitrogen and oxygen atoms in total. The van der Waals surface area contributed by atoms with Crippen molar-refractivity contribution in [2.75, 3.05) is 13.7 Å².